The largest absolute Gasteiger partial charge is 0.504 e. The van der Waals surface area contributed by atoms with Crippen molar-refractivity contribution in [3.63, 3.8) is 0 Å². The number of phenols is 2. The van der Waals surface area contributed by atoms with Gasteiger partial charge in [0.1, 0.15) is 0 Å². The summed E-state index contributed by atoms with van der Waals surface area (Å²) in [7, 11) is 0. The Labute approximate surface area is 135 Å². The average Bonchev–Trinajstić information content (AvgIpc) is 2.57. The van der Waals surface area contributed by atoms with E-state index in [-0.39, 0.29) is 17.5 Å². The number of hydrogen-bond acceptors (Lipinski definition) is 4. The molecule has 23 heavy (non-hydrogen) atoms. The molecule has 2 N–H and O–H groups in total. The lowest BCUT2D eigenvalue weighted by molar-refractivity contribution is -0.138. The maximum absolute atomic E-state index is 12.1. The fraction of sp³-hybridized carbons (Fsp3) is 0.211. The minimum atomic E-state index is -0.383. The summed E-state index contributed by atoms with van der Waals surface area (Å²) in [5, 5.41) is 18.9. The second-order valence-corrected chi connectivity index (χ2v) is 5.33. The third-order valence-electron chi connectivity index (χ3n) is 3.74. The Morgan fingerprint density at radius 2 is 1.70 bits per heavy atom. The molecule has 0 saturated carbocycles. The van der Waals surface area contributed by atoms with E-state index < -0.39 is 0 Å². The number of phenolic OH excluding ortho intramolecular Hbond substituents is 2. The fourth-order valence-electron chi connectivity index (χ4n) is 2.14. The maximum Gasteiger partial charge on any atom is 0.334 e. The Balaban J connectivity index is 2.01. The summed E-state index contributed by atoms with van der Waals surface area (Å²) in [5.74, 6) is -0.789. The van der Waals surface area contributed by atoms with Gasteiger partial charge >= 0.3 is 5.97 Å². The van der Waals surface area contributed by atoms with Crippen LogP contribution in [-0.4, -0.2) is 22.8 Å². The minimum absolute atomic E-state index is 0.190. The van der Waals surface area contributed by atoms with Gasteiger partial charge in [0.2, 0.25) is 0 Å². The molecule has 2 rings (SSSR count). The van der Waals surface area contributed by atoms with Crippen LogP contribution in [0.5, 0.6) is 11.5 Å². The molecule has 0 unspecified atom stereocenters. The lowest BCUT2D eigenvalue weighted by atomic mass is 10.0. The first-order valence-electron chi connectivity index (χ1n) is 7.40. The van der Waals surface area contributed by atoms with Crippen molar-refractivity contribution in [1.29, 1.82) is 0 Å². The van der Waals surface area contributed by atoms with Crippen molar-refractivity contribution in [3.8, 4) is 11.5 Å². The van der Waals surface area contributed by atoms with Crippen molar-refractivity contribution in [2.75, 3.05) is 6.61 Å². The molecule has 2 aromatic carbocycles. The molecule has 0 aromatic heterocycles. The smallest absolute Gasteiger partial charge is 0.334 e. The molecule has 0 bridgehead atoms. The van der Waals surface area contributed by atoms with Crippen LogP contribution in [0.25, 0.3) is 5.57 Å². The molecular formula is C19H20O4. The van der Waals surface area contributed by atoms with Gasteiger partial charge in [0.25, 0.3) is 0 Å². The number of rotatable bonds is 5. The number of carbonyl (C=O) groups excluding carboxylic acids is 1. The molecule has 0 heterocycles. The van der Waals surface area contributed by atoms with Crippen LogP contribution in [0.1, 0.15) is 25.0 Å². The number of ether oxygens (including phenoxy) is 1. The molecule has 2 aromatic rings. The van der Waals surface area contributed by atoms with E-state index in [0.717, 1.165) is 5.56 Å². The summed E-state index contributed by atoms with van der Waals surface area (Å²) < 4.78 is 5.30. The van der Waals surface area contributed by atoms with E-state index in [1.54, 1.807) is 19.9 Å². The van der Waals surface area contributed by atoms with Gasteiger partial charge in [-0.1, -0.05) is 36.4 Å². The molecule has 0 amide bonds. The summed E-state index contributed by atoms with van der Waals surface area (Å²) in [6.07, 6.45) is 0.666. The van der Waals surface area contributed by atoms with E-state index >= 15 is 0 Å². The standard InChI is InChI=1S/C19H20O4/c1-13(16-8-9-17(20)18(21)12-16)14(2)19(22)23-11-10-15-6-4-3-5-7-15/h3-9,12,20-21H,10-11H2,1-2H3. The zero-order valence-electron chi connectivity index (χ0n) is 13.2. The van der Waals surface area contributed by atoms with E-state index in [2.05, 4.69) is 0 Å². The maximum atomic E-state index is 12.1. The van der Waals surface area contributed by atoms with Gasteiger partial charge in [0, 0.05) is 12.0 Å². The topological polar surface area (TPSA) is 66.8 Å². The van der Waals surface area contributed by atoms with Crippen molar-refractivity contribution in [2.24, 2.45) is 0 Å². The van der Waals surface area contributed by atoms with Crippen LogP contribution in [0.3, 0.4) is 0 Å². The zero-order valence-corrected chi connectivity index (χ0v) is 13.2. The van der Waals surface area contributed by atoms with E-state index in [0.29, 0.717) is 29.7 Å². The molecule has 0 spiro atoms. The summed E-state index contributed by atoms with van der Waals surface area (Å²) in [4.78, 5) is 12.1. The Hall–Kier alpha value is -2.75. The van der Waals surface area contributed by atoms with Crippen molar-refractivity contribution in [3.05, 3.63) is 65.2 Å². The van der Waals surface area contributed by atoms with E-state index in [4.69, 9.17) is 4.74 Å². The Kier molecular flexibility index (Phi) is 5.41. The number of aromatic hydroxyl groups is 2. The highest BCUT2D eigenvalue weighted by atomic mass is 16.5. The van der Waals surface area contributed by atoms with Gasteiger partial charge in [-0.05, 0) is 42.7 Å². The first-order chi connectivity index (χ1) is 11.0. The first-order valence-corrected chi connectivity index (χ1v) is 7.40. The molecule has 4 nitrogen and oxygen atoms in total. The van der Waals surface area contributed by atoms with E-state index in [1.165, 1.54) is 12.1 Å². The SMILES string of the molecule is CC(C(=O)OCCc1ccccc1)=C(C)c1ccc(O)c(O)c1. The molecule has 4 heteroatoms. The van der Waals surface area contributed by atoms with Crippen LogP contribution in [-0.2, 0) is 16.0 Å². The number of carbonyl (C=O) groups is 1. The molecular weight excluding hydrogens is 292 g/mol. The summed E-state index contributed by atoms with van der Waals surface area (Å²) in [5.41, 5.74) is 2.95. The van der Waals surface area contributed by atoms with Crippen molar-refractivity contribution < 1.29 is 19.7 Å². The number of esters is 1. The number of hydrogen-bond donors (Lipinski definition) is 2. The molecule has 0 fully saturated rings. The van der Waals surface area contributed by atoms with E-state index in [9.17, 15) is 15.0 Å². The molecule has 0 aliphatic carbocycles. The fourth-order valence-corrected chi connectivity index (χ4v) is 2.14. The van der Waals surface area contributed by atoms with Crippen molar-refractivity contribution in [1.82, 2.24) is 0 Å². The predicted octanol–water partition coefficient (Wildman–Crippen LogP) is 3.68. The highest BCUT2D eigenvalue weighted by Crippen LogP contribution is 2.29. The normalized spacial score (nSPS) is 11.7. The zero-order chi connectivity index (χ0) is 16.8. The second kappa shape index (κ2) is 7.49. The van der Waals surface area contributed by atoms with Gasteiger partial charge in [0.15, 0.2) is 11.5 Å². The Morgan fingerprint density at radius 1 is 1.00 bits per heavy atom. The first kappa shape index (κ1) is 16.6. The van der Waals surface area contributed by atoms with Crippen LogP contribution in [0, 0.1) is 0 Å². The third-order valence-corrected chi connectivity index (χ3v) is 3.74. The van der Waals surface area contributed by atoms with Gasteiger partial charge in [-0.25, -0.2) is 4.79 Å². The van der Waals surface area contributed by atoms with E-state index in [1.807, 2.05) is 30.3 Å². The van der Waals surface area contributed by atoms with Gasteiger partial charge in [-0.3, -0.25) is 0 Å². The van der Waals surface area contributed by atoms with Crippen molar-refractivity contribution in [2.45, 2.75) is 20.3 Å². The molecule has 0 radical (unpaired) electrons. The Morgan fingerprint density at radius 3 is 2.35 bits per heavy atom. The molecule has 120 valence electrons. The van der Waals surface area contributed by atoms with Gasteiger partial charge < -0.3 is 14.9 Å². The average molecular weight is 312 g/mol. The van der Waals surface area contributed by atoms with Gasteiger partial charge in [0.05, 0.1) is 6.61 Å². The molecule has 0 aliphatic rings. The summed E-state index contributed by atoms with van der Waals surface area (Å²) >= 11 is 0. The third kappa shape index (κ3) is 4.36. The van der Waals surface area contributed by atoms with Crippen LogP contribution in [0.4, 0.5) is 0 Å². The van der Waals surface area contributed by atoms with Crippen LogP contribution in [0.15, 0.2) is 54.1 Å². The second-order valence-electron chi connectivity index (χ2n) is 5.33. The van der Waals surface area contributed by atoms with Gasteiger partial charge in [-0.15, -0.1) is 0 Å². The Bertz CT molecular complexity index is 717. The lowest BCUT2D eigenvalue weighted by Crippen LogP contribution is -2.10. The number of benzene rings is 2. The quantitative estimate of drug-likeness (QED) is 0.502. The van der Waals surface area contributed by atoms with Crippen LogP contribution in [0.2, 0.25) is 0 Å². The number of allylic oxidation sites excluding steroid dienone is 1. The molecule has 0 saturated heterocycles. The summed E-state index contributed by atoms with van der Waals surface area (Å²) in [6.45, 7) is 3.78. The van der Waals surface area contributed by atoms with Gasteiger partial charge in [-0.2, -0.15) is 0 Å². The highest BCUT2D eigenvalue weighted by molar-refractivity contribution is 5.96. The predicted molar refractivity (Wildman–Crippen MR) is 89.1 cm³/mol. The van der Waals surface area contributed by atoms with Crippen LogP contribution >= 0.6 is 0 Å². The molecule has 0 atom stereocenters. The molecule has 0 aliphatic heterocycles. The lowest BCUT2D eigenvalue weighted by Gasteiger charge is -2.10. The monoisotopic (exact) mass is 312 g/mol. The highest BCUT2D eigenvalue weighted by Gasteiger charge is 2.12. The summed E-state index contributed by atoms with van der Waals surface area (Å²) in [6, 6.07) is 14.3. The van der Waals surface area contributed by atoms with Crippen LogP contribution < -0.4 is 0 Å². The van der Waals surface area contributed by atoms with Crippen molar-refractivity contribution >= 4 is 11.5 Å². The minimum Gasteiger partial charge on any atom is -0.504 e.